The van der Waals surface area contributed by atoms with E-state index in [-0.39, 0.29) is 24.8 Å². The molecule has 9 heteroatoms. The van der Waals surface area contributed by atoms with Gasteiger partial charge in [0, 0.05) is 11.7 Å². The second-order valence-corrected chi connectivity index (χ2v) is 7.45. The summed E-state index contributed by atoms with van der Waals surface area (Å²) in [7, 11) is 0. The zero-order valence-corrected chi connectivity index (χ0v) is 16.2. The van der Waals surface area contributed by atoms with Gasteiger partial charge in [0.15, 0.2) is 5.69 Å². The van der Waals surface area contributed by atoms with E-state index >= 15 is 0 Å². The van der Waals surface area contributed by atoms with Crippen molar-refractivity contribution in [3.8, 4) is 5.75 Å². The van der Waals surface area contributed by atoms with Gasteiger partial charge in [-0.1, -0.05) is 0 Å². The van der Waals surface area contributed by atoms with Crippen molar-refractivity contribution in [2.45, 2.75) is 59.4 Å². The second-order valence-electron chi connectivity index (χ2n) is 7.45. The summed E-state index contributed by atoms with van der Waals surface area (Å²) < 4.78 is 8.85. The van der Waals surface area contributed by atoms with Crippen molar-refractivity contribution in [1.82, 2.24) is 24.6 Å². The number of fused-ring (bicyclic) bond motifs is 1. The summed E-state index contributed by atoms with van der Waals surface area (Å²) in [5, 5.41) is 17.3. The molecule has 0 bridgehead atoms. The molecule has 0 spiro atoms. The van der Waals surface area contributed by atoms with E-state index in [2.05, 4.69) is 15.4 Å². The Morgan fingerprint density at radius 3 is 2.78 bits per heavy atom. The SMILES string of the molecule is Cc1cc(CNC(=O)c2nc3n(c(=O)c2O)CCOC3(C)C)nn1C(C)C. The van der Waals surface area contributed by atoms with E-state index in [9.17, 15) is 14.7 Å². The standard InChI is InChI=1S/C18H25N5O4/c1-10(2)23-11(3)8-12(21-23)9-19-15(25)13-14(24)16(26)22-6-7-27-18(4,5)17(22)20-13/h8,10,24H,6-7,9H2,1-5H3,(H,19,25). The van der Waals surface area contributed by atoms with E-state index in [1.807, 2.05) is 31.5 Å². The molecule has 0 saturated heterocycles. The van der Waals surface area contributed by atoms with E-state index in [1.54, 1.807) is 13.8 Å². The average Bonchev–Trinajstić information content (AvgIpc) is 2.97. The van der Waals surface area contributed by atoms with Crippen LogP contribution in [0, 0.1) is 6.92 Å². The third kappa shape index (κ3) is 3.46. The highest BCUT2D eigenvalue weighted by atomic mass is 16.5. The average molecular weight is 375 g/mol. The first-order chi connectivity index (χ1) is 12.6. The lowest BCUT2D eigenvalue weighted by Crippen LogP contribution is -2.42. The minimum Gasteiger partial charge on any atom is -0.501 e. The van der Waals surface area contributed by atoms with Crippen molar-refractivity contribution in [1.29, 1.82) is 0 Å². The van der Waals surface area contributed by atoms with Gasteiger partial charge in [0.05, 0.1) is 25.4 Å². The van der Waals surface area contributed by atoms with Gasteiger partial charge in [-0.2, -0.15) is 5.10 Å². The van der Waals surface area contributed by atoms with Gasteiger partial charge in [-0.15, -0.1) is 0 Å². The number of carbonyl (C=O) groups excluding carboxylic acids is 1. The van der Waals surface area contributed by atoms with Gasteiger partial charge < -0.3 is 15.2 Å². The monoisotopic (exact) mass is 375 g/mol. The molecule has 1 aliphatic heterocycles. The molecule has 3 rings (SSSR count). The summed E-state index contributed by atoms with van der Waals surface area (Å²) in [4.78, 5) is 29.2. The first-order valence-corrected chi connectivity index (χ1v) is 8.93. The third-order valence-electron chi connectivity index (χ3n) is 4.57. The fourth-order valence-electron chi connectivity index (χ4n) is 3.24. The van der Waals surface area contributed by atoms with Crippen LogP contribution in [0.3, 0.4) is 0 Å². The summed E-state index contributed by atoms with van der Waals surface area (Å²) >= 11 is 0. The Bertz CT molecular complexity index is 942. The van der Waals surface area contributed by atoms with Gasteiger partial charge in [0.1, 0.15) is 11.4 Å². The number of aryl methyl sites for hydroxylation is 1. The van der Waals surface area contributed by atoms with Crippen LogP contribution in [0.2, 0.25) is 0 Å². The Morgan fingerprint density at radius 2 is 2.15 bits per heavy atom. The maximum atomic E-state index is 12.6. The maximum absolute atomic E-state index is 12.6. The van der Waals surface area contributed by atoms with E-state index in [0.717, 1.165) is 5.69 Å². The van der Waals surface area contributed by atoms with Gasteiger partial charge in [-0.25, -0.2) is 4.98 Å². The van der Waals surface area contributed by atoms with Crippen molar-refractivity contribution in [3.05, 3.63) is 39.3 Å². The number of aromatic nitrogens is 4. The van der Waals surface area contributed by atoms with E-state index in [0.29, 0.717) is 18.1 Å². The van der Waals surface area contributed by atoms with E-state index in [1.165, 1.54) is 4.57 Å². The molecule has 1 aliphatic rings. The largest absolute Gasteiger partial charge is 0.501 e. The molecule has 0 aromatic carbocycles. The lowest BCUT2D eigenvalue weighted by atomic mass is 10.1. The van der Waals surface area contributed by atoms with Crippen LogP contribution in [0.5, 0.6) is 5.75 Å². The van der Waals surface area contributed by atoms with Crippen LogP contribution in [0.25, 0.3) is 0 Å². The summed E-state index contributed by atoms with van der Waals surface area (Å²) in [5.41, 5.74) is -0.0902. The topological polar surface area (TPSA) is 111 Å². The number of aromatic hydroxyl groups is 1. The zero-order chi connectivity index (χ0) is 19.9. The van der Waals surface area contributed by atoms with Crippen molar-refractivity contribution in [2.24, 2.45) is 0 Å². The molecule has 2 aromatic rings. The molecule has 27 heavy (non-hydrogen) atoms. The molecular weight excluding hydrogens is 350 g/mol. The molecule has 146 valence electrons. The summed E-state index contributed by atoms with van der Waals surface area (Å²) in [6, 6.07) is 2.09. The number of nitrogens with one attached hydrogen (secondary N) is 1. The number of hydrogen-bond donors (Lipinski definition) is 2. The van der Waals surface area contributed by atoms with Gasteiger partial charge in [-0.3, -0.25) is 18.8 Å². The number of nitrogens with zero attached hydrogens (tertiary/aromatic N) is 4. The normalized spacial score (nSPS) is 15.6. The first-order valence-electron chi connectivity index (χ1n) is 8.93. The smallest absolute Gasteiger partial charge is 0.296 e. The van der Waals surface area contributed by atoms with Crippen molar-refractivity contribution in [2.75, 3.05) is 6.61 Å². The maximum Gasteiger partial charge on any atom is 0.296 e. The predicted octanol–water partition coefficient (Wildman–Crippen LogP) is 1.23. The Labute approximate surface area is 157 Å². The van der Waals surface area contributed by atoms with E-state index in [4.69, 9.17) is 4.74 Å². The number of amides is 1. The van der Waals surface area contributed by atoms with Gasteiger partial charge in [-0.05, 0) is 40.7 Å². The quantitative estimate of drug-likeness (QED) is 0.831. The molecule has 0 fully saturated rings. The van der Waals surface area contributed by atoms with Crippen LogP contribution in [0.1, 0.15) is 61.4 Å². The van der Waals surface area contributed by atoms with Crippen LogP contribution in [0.4, 0.5) is 0 Å². The van der Waals surface area contributed by atoms with Crippen LogP contribution in [0.15, 0.2) is 10.9 Å². The molecule has 0 atom stereocenters. The Hall–Kier alpha value is -2.68. The Kier molecular flexibility index (Phi) is 4.81. The molecule has 2 N–H and O–H groups in total. The molecule has 1 amide bonds. The molecule has 3 heterocycles. The lowest BCUT2D eigenvalue weighted by molar-refractivity contribution is -0.0566. The molecular formula is C18H25N5O4. The third-order valence-corrected chi connectivity index (χ3v) is 4.57. The lowest BCUT2D eigenvalue weighted by Gasteiger charge is -2.32. The van der Waals surface area contributed by atoms with E-state index < -0.39 is 22.8 Å². The highest BCUT2D eigenvalue weighted by Gasteiger charge is 2.34. The van der Waals surface area contributed by atoms with Crippen molar-refractivity contribution in [3.63, 3.8) is 0 Å². The zero-order valence-electron chi connectivity index (χ0n) is 16.2. The summed E-state index contributed by atoms with van der Waals surface area (Å²) in [6.45, 7) is 10.3. The molecule has 0 aliphatic carbocycles. The highest BCUT2D eigenvalue weighted by Crippen LogP contribution is 2.27. The minimum atomic E-state index is -0.826. The molecule has 0 radical (unpaired) electrons. The predicted molar refractivity (Wildman–Crippen MR) is 97.7 cm³/mol. The Balaban J connectivity index is 1.86. The first kappa shape index (κ1) is 19.1. The molecule has 0 unspecified atom stereocenters. The fourth-order valence-corrected chi connectivity index (χ4v) is 3.24. The minimum absolute atomic E-state index is 0.166. The highest BCUT2D eigenvalue weighted by molar-refractivity contribution is 5.94. The van der Waals surface area contributed by atoms with Crippen molar-refractivity contribution < 1.29 is 14.6 Å². The molecule has 0 saturated carbocycles. The summed E-state index contributed by atoms with van der Waals surface area (Å²) in [6.07, 6.45) is 0. The van der Waals surface area contributed by atoms with Gasteiger partial charge in [0.25, 0.3) is 11.5 Å². The van der Waals surface area contributed by atoms with Crippen LogP contribution in [-0.2, 0) is 23.4 Å². The fraction of sp³-hybridized carbons (Fsp3) is 0.556. The van der Waals surface area contributed by atoms with Gasteiger partial charge >= 0.3 is 0 Å². The van der Waals surface area contributed by atoms with Crippen LogP contribution in [-0.4, -0.2) is 37.0 Å². The Morgan fingerprint density at radius 1 is 1.44 bits per heavy atom. The van der Waals surface area contributed by atoms with Crippen LogP contribution >= 0.6 is 0 Å². The number of carbonyl (C=O) groups is 1. The number of rotatable bonds is 4. The second kappa shape index (κ2) is 6.80. The number of ether oxygens (including phenoxy) is 1. The summed E-state index contributed by atoms with van der Waals surface area (Å²) in [5.74, 6) is -0.967. The number of hydrogen-bond acceptors (Lipinski definition) is 6. The molecule has 2 aromatic heterocycles. The van der Waals surface area contributed by atoms with Crippen molar-refractivity contribution >= 4 is 5.91 Å². The molecule has 9 nitrogen and oxygen atoms in total. The van der Waals surface area contributed by atoms with Crippen LogP contribution < -0.4 is 10.9 Å². The van der Waals surface area contributed by atoms with Gasteiger partial charge in [0.2, 0.25) is 5.75 Å².